The van der Waals surface area contributed by atoms with E-state index in [9.17, 15) is 39.0 Å². The number of hydrogen-bond acceptors (Lipinski definition) is 12. The fourth-order valence-corrected chi connectivity index (χ4v) is 6.50. The van der Waals surface area contributed by atoms with Crippen LogP contribution in [0.5, 0.6) is 5.75 Å². The fourth-order valence-electron chi connectivity index (χ4n) is 5.99. The molecule has 59 heavy (non-hydrogen) atoms. The number of aromatic hydroxyl groups is 1. The van der Waals surface area contributed by atoms with Crippen LogP contribution >= 0.6 is 25.3 Å². The van der Waals surface area contributed by atoms with Gasteiger partial charge in [0, 0.05) is 41.6 Å². The number of benzene rings is 2. The number of nitrogens with one attached hydrogen (secondary N) is 6. The Kier molecular flexibility index (Phi) is 19.8. The van der Waals surface area contributed by atoms with E-state index in [4.69, 9.17) is 22.9 Å². The number of fused-ring (bicyclic) bond motifs is 1. The van der Waals surface area contributed by atoms with Crippen molar-refractivity contribution in [3.63, 3.8) is 0 Å². The minimum absolute atomic E-state index is 0.00709. The molecule has 0 aliphatic carbocycles. The molecular formula is C38H55N11O8S2. The second-order valence-electron chi connectivity index (χ2n) is 13.8. The smallest absolute Gasteiger partial charge is 0.326 e. The number of carbonyl (C=O) groups is 6. The molecule has 16 N–H and O–H groups in total. The van der Waals surface area contributed by atoms with Crippen LogP contribution in [0.3, 0.4) is 0 Å². The molecule has 5 amide bonds. The first-order valence-corrected chi connectivity index (χ1v) is 20.2. The highest BCUT2D eigenvalue weighted by Gasteiger charge is 2.32. The van der Waals surface area contributed by atoms with Crippen molar-refractivity contribution in [3.8, 4) is 5.75 Å². The van der Waals surface area contributed by atoms with Gasteiger partial charge in [0.2, 0.25) is 29.5 Å². The summed E-state index contributed by atoms with van der Waals surface area (Å²) in [7, 11) is 0. The van der Waals surface area contributed by atoms with Crippen LogP contribution in [0.4, 0.5) is 0 Å². The van der Waals surface area contributed by atoms with E-state index in [2.05, 4.69) is 61.8 Å². The fraction of sp³-hybridized carbons (Fsp3) is 0.447. The molecule has 3 aromatic rings. The zero-order valence-corrected chi connectivity index (χ0v) is 34.2. The van der Waals surface area contributed by atoms with Crippen molar-refractivity contribution in [2.45, 2.75) is 81.2 Å². The van der Waals surface area contributed by atoms with Gasteiger partial charge >= 0.3 is 5.97 Å². The first-order valence-electron chi connectivity index (χ1n) is 19.0. The summed E-state index contributed by atoms with van der Waals surface area (Å²) >= 11 is 8.44. The molecule has 0 saturated heterocycles. The molecule has 0 radical (unpaired) electrons. The highest BCUT2D eigenvalue weighted by atomic mass is 32.1. The second-order valence-corrected chi connectivity index (χ2v) is 14.5. The van der Waals surface area contributed by atoms with Gasteiger partial charge in [0.1, 0.15) is 36.0 Å². The zero-order valence-electron chi connectivity index (χ0n) is 32.4. The summed E-state index contributed by atoms with van der Waals surface area (Å²) < 4.78 is 0. The van der Waals surface area contributed by atoms with E-state index in [1.165, 1.54) is 12.1 Å². The number of phenols is 1. The lowest BCUT2D eigenvalue weighted by molar-refractivity contribution is -0.142. The van der Waals surface area contributed by atoms with Gasteiger partial charge in [-0.25, -0.2) is 4.79 Å². The molecule has 0 saturated carbocycles. The number of guanidine groups is 1. The Bertz CT molecular complexity index is 1910. The average Bonchev–Trinajstić information content (AvgIpc) is 3.61. The maximum absolute atomic E-state index is 13.9. The molecule has 6 atom stereocenters. The lowest BCUT2D eigenvalue weighted by Crippen LogP contribution is -2.60. The molecule has 0 aliphatic rings. The number of nitrogens with two attached hydrogens (primary N) is 4. The number of phenolic OH excluding ortho intramolecular Hbond substituents is 1. The van der Waals surface area contributed by atoms with E-state index < -0.39 is 71.8 Å². The van der Waals surface area contributed by atoms with E-state index >= 15 is 0 Å². The number of carbonyl (C=O) groups excluding carboxylic acids is 5. The van der Waals surface area contributed by atoms with Crippen molar-refractivity contribution >= 4 is 77.6 Å². The number of aromatic amines is 1. The van der Waals surface area contributed by atoms with Crippen molar-refractivity contribution in [2.24, 2.45) is 27.9 Å². The Morgan fingerprint density at radius 1 is 0.695 bits per heavy atom. The highest BCUT2D eigenvalue weighted by Crippen LogP contribution is 2.19. The number of carboxylic acid groups (broad SMARTS) is 1. The van der Waals surface area contributed by atoms with Gasteiger partial charge in [0.05, 0.1) is 6.04 Å². The monoisotopic (exact) mass is 857 g/mol. The number of unbranched alkanes of at least 4 members (excludes halogenated alkanes) is 1. The Morgan fingerprint density at radius 3 is 1.83 bits per heavy atom. The molecule has 322 valence electrons. The predicted octanol–water partition coefficient (Wildman–Crippen LogP) is -1.46. The lowest BCUT2D eigenvalue weighted by Gasteiger charge is -2.26. The molecule has 1 aromatic heterocycles. The molecule has 19 nitrogen and oxygen atoms in total. The van der Waals surface area contributed by atoms with Crippen molar-refractivity contribution in [1.29, 1.82) is 0 Å². The van der Waals surface area contributed by atoms with E-state index in [0.29, 0.717) is 24.9 Å². The number of hydrogen-bond donors (Lipinski definition) is 14. The zero-order chi connectivity index (χ0) is 43.5. The highest BCUT2D eigenvalue weighted by molar-refractivity contribution is 7.80. The first kappa shape index (κ1) is 47.9. The summed E-state index contributed by atoms with van der Waals surface area (Å²) in [6.07, 6.45) is 3.16. The van der Waals surface area contributed by atoms with E-state index in [1.807, 2.05) is 24.3 Å². The average molecular weight is 858 g/mol. The van der Waals surface area contributed by atoms with Gasteiger partial charge in [-0.3, -0.25) is 29.0 Å². The third-order valence-corrected chi connectivity index (χ3v) is 9.96. The maximum Gasteiger partial charge on any atom is 0.326 e. The largest absolute Gasteiger partial charge is 0.508 e. The SMILES string of the molecule is NCCCC[C@H](NC(=O)[C@H](CS)NC(=O)[C@H](CCCN=C(N)N)NC(=O)[C@H](CS)NC(=O)[C@H](Cc1ccc(O)cc1)NC(=O)[C@@H](N)Cc1c[nH]c2ccccc12)C(=O)O. The number of rotatable bonds is 25. The number of thiol groups is 2. The number of amides is 5. The first-order chi connectivity index (χ1) is 28.2. The maximum atomic E-state index is 13.9. The normalized spacial score (nSPS) is 14.1. The van der Waals surface area contributed by atoms with Crippen molar-refractivity contribution in [1.82, 2.24) is 31.6 Å². The number of nitrogens with zero attached hydrogens (tertiary/aromatic N) is 1. The van der Waals surface area contributed by atoms with Crippen LogP contribution in [0.15, 0.2) is 59.7 Å². The van der Waals surface area contributed by atoms with Gasteiger partial charge in [-0.15, -0.1) is 0 Å². The summed E-state index contributed by atoms with van der Waals surface area (Å²) in [4.78, 5) is 86.5. The Hall–Kier alpha value is -5.51. The van der Waals surface area contributed by atoms with Crippen LogP contribution in [-0.2, 0) is 41.6 Å². The number of H-pyrrole nitrogens is 1. The third-order valence-electron chi connectivity index (χ3n) is 9.23. The quantitative estimate of drug-likeness (QED) is 0.0201. The summed E-state index contributed by atoms with van der Waals surface area (Å²) in [5, 5.41) is 33.1. The van der Waals surface area contributed by atoms with Crippen LogP contribution < -0.4 is 49.5 Å². The lowest BCUT2D eigenvalue weighted by atomic mass is 10.0. The predicted molar refractivity (Wildman–Crippen MR) is 230 cm³/mol. The van der Waals surface area contributed by atoms with Crippen molar-refractivity contribution < 1.29 is 39.0 Å². The second kappa shape index (κ2) is 24.4. The van der Waals surface area contributed by atoms with Crippen molar-refractivity contribution in [3.05, 3.63) is 65.9 Å². The Labute approximate surface area is 352 Å². The molecule has 0 unspecified atom stereocenters. The number of aliphatic imine (C=N–C) groups is 1. The minimum atomic E-state index is -1.33. The summed E-state index contributed by atoms with van der Waals surface area (Å²) in [6, 6.07) is 6.08. The standard InChI is InChI=1S/C38H55N11O8S2/c39-14-4-3-8-28(37(56)57)46-36(55)31(20-59)48-33(52)27(9-5-15-43-38(41)42)45-35(54)30(19-58)49-34(53)29(16-21-10-12-23(50)13-11-21)47-32(51)25(40)17-22-18-44-26-7-2-1-6-24(22)26/h1-2,6-7,10-13,18,25,27-31,44,50,58-59H,3-5,8-9,14-17,19-20,39-40H2,(H,45,54)(H,46,55)(H,47,51)(H,48,52)(H,49,53)(H,56,57)(H4,41,42,43)/t25-,27-,28-,29-,30-,31-/m0/s1. The Balaban J connectivity index is 1.77. The minimum Gasteiger partial charge on any atom is -0.508 e. The molecule has 1 heterocycles. The molecule has 0 aliphatic heterocycles. The molecular weight excluding hydrogens is 803 g/mol. The van der Waals surface area contributed by atoms with Crippen LogP contribution in [-0.4, -0.2) is 118 Å². The molecule has 0 fully saturated rings. The van der Waals surface area contributed by atoms with E-state index in [0.717, 1.165) is 16.5 Å². The van der Waals surface area contributed by atoms with Crippen LogP contribution in [0.2, 0.25) is 0 Å². The Morgan fingerprint density at radius 2 is 1.24 bits per heavy atom. The van der Waals surface area contributed by atoms with Gasteiger partial charge in [0.25, 0.3) is 0 Å². The summed E-state index contributed by atoms with van der Waals surface area (Å²) in [5.74, 6) is -5.73. The van der Waals surface area contributed by atoms with Gasteiger partial charge in [-0.2, -0.15) is 25.3 Å². The van der Waals surface area contributed by atoms with Gasteiger partial charge in [-0.05, 0) is 74.4 Å². The van der Waals surface area contributed by atoms with E-state index in [-0.39, 0.29) is 61.9 Å². The third kappa shape index (κ3) is 15.6. The van der Waals surface area contributed by atoms with Gasteiger partial charge in [0.15, 0.2) is 5.96 Å². The molecule has 0 spiro atoms. The number of para-hydroxylation sites is 1. The van der Waals surface area contributed by atoms with Crippen LogP contribution in [0.25, 0.3) is 10.9 Å². The molecule has 3 rings (SSSR count). The van der Waals surface area contributed by atoms with E-state index in [1.54, 1.807) is 18.3 Å². The van der Waals surface area contributed by atoms with Crippen LogP contribution in [0, 0.1) is 0 Å². The number of carboxylic acids is 1. The molecule has 21 heteroatoms. The summed E-state index contributed by atoms with van der Waals surface area (Å²) in [6.45, 7) is 0.442. The van der Waals surface area contributed by atoms with Crippen molar-refractivity contribution in [2.75, 3.05) is 24.6 Å². The summed E-state index contributed by atoms with van der Waals surface area (Å²) in [5.41, 5.74) is 24.9. The van der Waals surface area contributed by atoms with Gasteiger partial charge < -0.3 is 64.7 Å². The number of aliphatic carboxylic acids is 1. The van der Waals surface area contributed by atoms with Gasteiger partial charge in [-0.1, -0.05) is 30.3 Å². The number of aromatic nitrogens is 1. The topological polar surface area (TPSA) is 335 Å². The van der Waals surface area contributed by atoms with Crippen LogP contribution in [0.1, 0.15) is 43.2 Å². The molecule has 0 bridgehead atoms. The molecule has 2 aromatic carbocycles.